The number of H-pyrrole nitrogens is 2. The Labute approximate surface area is 96.9 Å². The van der Waals surface area contributed by atoms with Gasteiger partial charge in [-0.25, -0.2) is 4.79 Å². The van der Waals surface area contributed by atoms with Crippen molar-refractivity contribution in [3.8, 4) is 0 Å². The summed E-state index contributed by atoms with van der Waals surface area (Å²) in [5.41, 5.74) is 1.90. The molecule has 1 aromatic heterocycles. The number of benzene rings is 1. The highest BCUT2D eigenvalue weighted by Gasteiger charge is 2.07. The summed E-state index contributed by atoms with van der Waals surface area (Å²) in [5, 5.41) is 0. The Hall–Kier alpha value is -2.17. The van der Waals surface area contributed by atoms with Crippen molar-refractivity contribution in [1.82, 2.24) is 9.97 Å². The number of Topliss-reactive ketones (excluding diaryl/α,β-unsaturated/α-hetero) is 2. The molecule has 0 amide bonds. The molecular formula is C12H12N2O3. The third-order valence-electron chi connectivity index (χ3n) is 2.43. The van der Waals surface area contributed by atoms with E-state index in [1.165, 1.54) is 6.92 Å². The van der Waals surface area contributed by atoms with Crippen LogP contribution in [-0.2, 0) is 16.0 Å². The van der Waals surface area contributed by atoms with E-state index in [2.05, 4.69) is 9.97 Å². The number of hydrogen-bond acceptors (Lipinski definition) is 3. The number of carbonyl (C=O) groups is 2. The first-order valence-electron chi connectivity index (χ1n) is 5.26. The molecule has 0 spiro atoms. The van der Waals surface area contributed by atoms with E-state index in [1.54, 1.807) is 18.2 Å². The average molecular weight is 232 g/mol. The summed E-state index contributed by atoms with van der Waals surface area (Å²) in [4.78, 5) is 38.5. The molecule has 0 unspecified atom stereocenters. The van der Waals surface area contributed by atoms with Gasteiger partial charge in [-0.05, 0) is 24.6 Å². The molecule has 2 rings (SSSR count). The zero-order valence-electron chi connectivity index (χ0n) is 9.37. The topological polar surface area (TPSA) is 82.8 Å². The van der Waals surface area contributed by atoms with Gasteiger partial charge in [-0.2, -0.15) is 0 Å². The normalized spacial score (nSPS) is 10.6. The number of carbonyl (C=O) groups excluding carboxylic acids is 2. The monoisotopic (exact) mass is 232 g/mol. The standard InChI is InChI=1S/C12H12N2O3/c1-7(15)4-9(16)5-8-2-3-10-11(6-8)14-12(17)13-10/h2-3,6H,4-5H2,1H3,(H2,13,14,17). The maximum absolute atomic E-state index is 11.5. The van der Waals surface area contributed by atoms with E-state index in [1.807, 2.05) is 0 Å². The van der Waals surface area contributed by atoms with Crippen molar-refractivity contribution in [2.45, 2.75) is 19.8 Å². The third kappa shape index (κ3) is 2.69. The summed E-state index contributed by atoms with van der Waals surface area (Å²) in [6, 6.07) is 5.25. The van der Waals surface area contributed by atoms with E-state index in [4.69, 9.17) is 0 Å². The summed E-state index contributed by atoms with van der Waals surface area (Å²) in [5.74, 6) is -0.249. The minimum absolute atomic E-state index is 0.0400. The molecule has 2 N–H and O–H groups in total. The summed E-state index contributed by atoms with van der Waals surface area (Å²) in [6.07, 6.45) is 0.171. The highest BCUT2D eigenvalue weighted by atomic mass is 16.1. The van der Waals surface area contributed by atoms with Gasteiger partial charge in [0.05, 0.1) is 17.5 Å². The van der Waals surface area contributed by atoms with Gasteiger partial charge >= 0.3 is 5.69 Å². The quantitative estimate of drug-likeness (QED) is 0.770. The van der Waals surface area contributed by atoms with Gasteiger partial charge in [0.1, 0.15) is 11.6 Å². The molecule has 0 aliphatic heterocycles. The number of nitrogens with one attached hydrogen (secondary N) is 2. The largest absolute Gasteiger partial charge is 0.323 e. The van der Waals surface area contributed by atoms with Crippen LogP contribution in [0.1, 0.15) is 18.9 Å². The molecule has 88 valence electrons. The molecular weight excluding hydrogens is 220 g/mol. The summed E-state index contributed by atoms with van der Waals surface area (Å²) < 4.78 is 0. The van der Waals surface area contributed by atoms with Crippen molar-refractivity contribution in [1.29, 1.82) is 0 Å². The van der Waals surface area contributed by atoms with Crippen LogP contribution in [0.3, 0.4) is 0 Å². The Morgan fingerprint density at radius 3 is 2.59 bits per heavy atom. The lowest BCUT2D eigenvalue weighted by molar-refractivity contribution is -0.125. The van der Waals surface area contributed by atoms with Crippen LogP contribution >= 0.6 is 0 Å². The number of rotatable bonds is 4. The SMILES string of the molecule is CC(=O)CC(=O)Cc1ccc2[nH]c(=O)[nH]c2c1. The van der Waals surface area contributed by atoms with Crippen molar-refractivity contribution < 1.29 is 9.59 Å². The second-order valence-corrected chi connectivity index (χ2v) is 4.05. The Balaban J connectivity index is 2.21. The molecule has 1 aromatic carbocycles. The molecule has 0 atom stereocenters. The number of aromatic amines is 2. The Kier molecular flexibility index (Phi) is 2.91. The zero-order valence-corrected chi connectivity index (χ0v) is 9.37. The van der Waals surface area contributed by atoms with Crippen molar-refractivity contribution in [3.63, 3.8) is 0 Å². The van der Waals surface area contributed by atoms with Gasteiger partial charge in [-0.1, -0.05) is 6.07 Å². The smallest absolute Gasteiger partial charge is 0.306 e. The van der Waals surface area contributed by atoms with Crippen LogP contribution in [0.15, 0.2) is 23.0 Å². The van der Waals surface area contributed by atoms with E-state index in [-0.39, 0.29) is 30.1 Å². The molecule has 5 heteroatoms. The Bertz CT molecular complexity index is 636. The molecule has 0 fully saturated rings. The van der Waals surface area contributed by atoms with Crippen LogP contribution in [0.4, 0.5) is 0 Å². The van der Waals surface area contributed by atoms with Crippen LogP contribution in [0.5, 0.6) is 0 Å². The van der Waals surface area contributed by atoms with Gasteiger partial charge < -0.3 is 9.97 Å². The highest BCUT2D eigenvalue weighted by molar-refractivity contribution is 5.99. The fourth-order valence-corrected chi connectivity index (χ4v) is 1.76. The van der Waals surface area contributed by atoms with E-state index < -0.39 is 0 Å². The number of hydrogen-bond donors (Lipinski definition) is 2. The Morgan fingerprint density at radius 2 is 1.88 bits per heavy atom. The molecule has 5 nitrogen and oxygen atoms in total. The molecule has 0 bridgehead atoms. The molecule has 0 saturated carbocycles. The molecule has 17 heavy (non-hydrogen) atoms. The lowest BCUT2D eigenvalue weighted by Crippen LogP contribution is -2.07. The molecule has 0 aliphatic carbocycles. The number of imidazole rings is 1. The number of aromatic nitrogens is 2. The van der Waals surface area contributed by atoms with Gasteiger partial charge in [-0.3, -0.25) is 9.59 Å². The predicted molar refractivity (Wildman–Crippen MR) is 62.9 cm³/mol. The first-order valence-corrected chi connectivity index (χ1v) is 5.26. The fraction of sp³-hybridized carbons (Fsp3) is 0.250. The minimum atomic E-state index is -0.271. The Morgan fingerprint density at radius 1 is 1.18 bits per heavy atom. The van der Waals surface area contributed by atoms with Gasteiger partial charge in [0, 0.05) is 6.42 Å². The maximum atomic E-state index is 11.5. The van der Waals surface area contributed by atoms with E-state index in [9.17, 15) is 14.4 Å². The lowest BCUT2D eigenvalue weighted by atomic mass is 10.1. The molecule has 0 saturated heterocycles. The first kappa shape index (κ1) is 11.3. The first-order chi connectivity index (χ1) is 8.04. The molecule has 0 radical (unpaired) electrons. The van der Waals surface area contributed by atoms with Crippen molar-refractivity contribution in [2.24, 2.45) is 0 Å². The van der Waals surface area contributed by atoms with Gasteiger partial charge in [0.2, 0.25) is 0 Å². The van der Waals surface area contributed by atoms with Crippen LogP contribution in [0.2, 0.25) is 0 Å². The molecule has 0 aliphatic rings. The van der Waals surface area contributed by atoms with Crippen molar-refractivity contribution in [2.75, 3.05) is 0 Å². The van der Waals surface area contributed by atoms with Crippen molar-refractivity contribution >= 4 is 22.6 Å². The summed E-state index contributed by atoms with van der Waals surface area (Å²) >= 11 is 0. The van der Waals surface area contributed by atoms with E-state index in [0.29, 0.717) is 11.0 Å². The summed E-state index contributed by atoms with van der Waals surface area (Å²) in [7, 11) is 0. The predicted octanol–water partition coefficient (Wildman–Crippen LogP) is 0.947. The van der Waals surface area contributed by atoms with Gasteiger partial charge in [0.25, 0.3) is 0 Å². The van der Waals surface area contributed by atoms with E-state index in [0.717, 1.165) is 5.56 Å². The van der Waals surface area contributed by atoms with Crippen LogP contribution in [0.25, 0.3) is 11.0 Å². The van der Waals surface area contributed by atoms with E-state index >= 15 is 0 Å². The molecule has 2 aromatic rings. The fourth-order valence-electron chi connectivity index (χ4n) is 1.76. The third-order valence-corrected chi connectivity index (χ3v) is 2.43. The second-order valence-electron chi connectivity index (χ2n) is 4.05. The maximum Gasteiger partial charge on any atom is 0.323 e. The van der Waals surface area contributed by atoms with Gasteiger partial charge in [0.15, 0.2) is 0 Å². The highest BCUT2D eigenvalue weighted by Crippen LogP contribution is 2.11. The van der Waals surface area contributed by atoms with Crippen LogP contribution in [-0.4, -0.2) is 21.5 Å². The number of ketones is 2. The van der Waals surface area contributed by atoms with Crippen molar-refractivity contribution in [3.05, 3.63) is 34.2 Å². The lowest BCUT2D eigenvalue weighted by Gasteiger charge is -1.99. The number of fused-ring (bicyclic) bond motifs is 1. The summed E-state index contributed by atoms with van der Waals surface area (Å²) in [6.45, 7) is 1.39. The van der Waals surface area contributed by atoms with Crippen LogP contribution in [0, 0.1) is 0 Å². The average Bonchev–Trinajstić information content (AvgIpc) is 2.55. The zero-order chi connectivity index (χ0) is 12.4. The van der Waals surface area contributed by atoms with Crippen LogP contribution < -0.4 is 5.69 Å². The minimum Gasteiger partial charge on any atom is -0.306 e. The second kappa shape index (κ2) is 4.37. The van der Waals surface area contributed by atoms with Gasteiger partial charge in [-0.15, -0.1) is 0 Å². The molecule has 1 heterocycles.